The summed E-state index contributed by atoms with van der Waals surface area (Å²) in [6, 6.07) is 7.56. The molecule has 0 spiro atoms. The number of methoxy groups -OCH3 is 1. The third-order valence-corrected chi connectivity index (χ3v) is 3.46. The molecule has 0 radical (unpaired) electrons. The summed E-state index contributed by atoms with van der Waals surface area (Å²) in [7, 11) is 3.45. The first kappa shape index (κ1) is 13.7. The van der Waals surface area contributed by atoms with Crippen LogP contribution in [0.25, 0.3) is 0 Å². The van der Waals surface area contributed by atoms with E-state index in [0.29, 0.717) is 0 Å². The number of carbonyl (C=O) groups is 1. The Morgan fingerprint density at radius 1 is 1.53 bits per heavy atom. The first-order chi connectivity index (χ1) is 9.20. The third kappa shape index (κ3) is 3.61. The Hall–Kier alpha value is -1.75. The summed E-state index contributed by atoms with van der Waals surface area (Å²) >= 11 is 0. The van der Waals surface area contributed by atoms with Crippen LogP contribution in [0.5, 0.6) is 5.75 Å². The Labute approximate surface area is 113 Å². The SMILES string of the molecule is COc1cccc(NC(=O)N(C)C2CCCNC2)c1. The van der Waals surface area contributed by atoms with Crippen LogP contribution < -0.4 is 15.4 Å². The number of benzene rings is 1. The molecule has 1 aromatic rings. The Bertz CT molecular complexity index is 430. The Balaban J connectivity index is 1.95. The van der Waals surface area contributed by atoms with E-state index >= 15 is 0 Å². The van der Waals surface area contributed by atoms with Crippen molar-refractivity contribution in [2.24, 2.45) is 0 Å². The summed E-state index contributed by atoms with van der Waals surface area (Å²) in [6.07, 6.45) is 2.16. The zero-order valence-corrected chi connectivity index (χ0v) is 11.5. The van der Waals surface area contributed by atoms with Gasteiger partial charge in [-0.2, -0.15) is 0 Å². The van der Waals surface area contributed by atoms with Gasteiger partial charge in [-0.3, -0.25) is 0 Å². The number of anilines is 1. The fourth-order valence-electron chi connectivity index (χ4n) is 2.24. The van der Waals surface area contributed by atoms with Gasteiger partial charge in [0.05, 0.1) is 7.11 Å². The van der Waals surface area contributed by atoms with Gasteiger partial charge in [-0.15, -0.1) is 0 Å². The molecule has 1 fully saturated rings. The van der Waals surface area contributed by atoms with E-state index in [4.69, 9.17) is 4.74 Å². The molecule has 1 aliphatic rings. The van der Waals surface area contributed by atoms with Gasteiger partial charge >= 0.3 is 6.03 Å². The van der Waals surface area contributed by atoms with Gasteiger partial charge in [-0.25, -0.2) is 4.79 Å². The number of likely N-dealkylation sites (N-methyl/N-ethyl adjacent to an activating group) is 1. The molecule has 19 heavy (non-hydrogen) atoms. The minimum atomic E-state index is -0.0815. The van der Waals surface area contributed by atoms with Crippen LogP contribution in [0.1, 0.15) is 12.8 Å². The molecule has 5 heteroatoms. The van der Waals surface area contributed by atoms with Crippen molar-refractivity contribution in [1.82, 2.24) is 10.2 Å². The molecule has 5 nitrogen and oxygen atoms in total. The molecule has 1 atom stereocenters. The van der Waals surface area contributed by atoms with Crippen molar-refractivity contribution in [3.8, 4) is 5.75 Å². The number of nitrogens with zero attached hydrogens (tertiary/aromatic N) is 1. The minimum Gasteiger partial charge on any atom is -0.497 e. The summed E-state index contributed by atoms with van der Waals surface area (Å²) in [5.41, 5.74) is 0.750. The van der Waals surface area contributed by atoms with Crippen LogP contribution >= 0.6 is 0 Å². The number of urea groups is 1. The highest BCUT2D eigenvalue weighted by atomic mass is 16.5. The lowest BCUT2D eigenvalue weighted by atomic mass is 10.1. The highest BCUT2D eigenvalue weighted by molar-refractivity contribution is 5.89. The highest BCUT2D eigenvalue weighted by Gasteiger charge is 2.21. The van der Waals surface area contributed by atoms with E-state index in [9.17, 15) is 4.79 Å². The zero-order chi connectivity index (χ0) is 13.7. The average Bonchev–Trinajstić information content (AvgIpc) is 2.47. The van der Waals surface area contributed by atoms with Gasteiger partial charge in [0.2, 0.25) is 0 Å². The first-order valence-corrected chi connectivity index (χ1v) is 6.59. The molecule has 1 aromatic carbocycles. The minimum absolute atomic E-state index is 0.0815. The van der Waals surface area contributed by atoms with Crippen molar-refractivity contribution in [2.75, 3.05) is 32.6 Å². The van der Waals surface area contributed by atoms with E-state index in [1.54, 1.807) is 12.0 Å². The van der Waals surface area contributed by atoms with E-state index < -0.39 is 0 Å². The molecular formula is C14H21N3O2. The van der Waals surface area contributed by atoms with Crippen LogP contribution in [0.4, 0.5) is 10.5 Å². The number of rotatable bonds is 3. The molecular weight excluding hydrogens is 242 g/mol. The van der Waals surface area contributed by atoms with Gasteiger partial charge in [0.1, 0.15) is 5.75 Å². The van der Waals surface area contributed by atoms with E-state index in [-0.39, 0.29) is 12.1 Å². The number of hydrogen-bond acceptors (Lipinski definition) is 3. The summed E-state index contributed by atoms with van der Waals surface area (Å²) in [4.78, 5) is 13.9. The van der Waals surface area contributed by atoms with Crippen LogP contribution in [-0.4, -0.2) is 44.2 Å². The number of amides is 2. The second kappa shape index (κ2) is 6.43. The first-order valence-electron chi connectivity index (χ1n) is 6.59. The van der Waals surface area contributed by atoms with Gasteiger partial charge in [-0.05, 0) is 31.5 Å². The normalized spacial score (nSPS) is 18.7. The molecule has 2 rings (SSSR count). The lowest BCUT2D eigenvalue weighted by molar-refractivity contribution is 0.191. The predicted octanol–water partition coefficient (Wildman–Crippen LogP) is 1.91. The summed E-state index contributed by atoms with van der Waals surface area (Å²) in [5.74, 6) is 0.736. The summed E-state index contributed by atoms with van der Waals surface area (Å²) in [6.45, 7) is 1.91. The molecule has 1 heterocycles. The van der Waals surface area contributed by atoms with Crippen molar-refractivity contribution in [3.05, 3.63) is 24.3 Å². The van der Waals surface area contributed by atoms with Gasteiger partial charge in [0.25, 0.3) is 0 Å². The fraction of sp³-hybridized carbons (Fsp3) is 0.500. The highest BCUT2D eigenvalue weighted by Crippen LogP contribution is 2.17. The lowest BCUT2D eigenvalue weighted by Gasteiger charge is -2.31. The molecule has 1 aliphatic heterocycles. The molecule has 0 saturated carbocycles. The third-order valence-electron chi connectivity index (χ3n) is 3.46. The predicted molar refractivity (Wildman–Crippen MR) is 75.7 cm³/mol. The average molecular weight is 263 g/mol. The monoisotopic (exact) mass is 263 g/mol. The standard InChI is InChI=1S/C14H21N3O2/c1-17(12-6-4-8-15-10-12)14(18)16-11-5-3-7-13(9-11)19-2/h3,5,7,9,12,15H,4,6,8,10H2,1-2H3,(H,16,18). The molecule has 1 saturated heterocycles. The van der Waals surface area contributed by atoms with E-state index in [0.717, 1.165) is 37.4 Å². The molecule has 1 unspecified atom stereocenters. The number of hydrogen-bond donors (Lipinski definition) is 2. The van der Waals surface area contributed by atoms with Gasteiger partial charge < -0.3 is 20.3 Å². The van der Waals surface area contributed by atoms with Crippen LogP contribution in [-0.2, 0) is 0 Å². The van der Waals surface area contributed by atoms with Crippen LogP contribution in [0.2, 0.25) is 0 Å². The number of piperidine rings is 1. The van der Waals surface area contributed by atoms with Gasteiger partial charge in [0, 0.05) is 31.4 Å². The van der Waals surface area contributed by atoms with Crippen LogP contribution in [0.15, 0.2) is 24.3 Å². The second-order valence-corrected chi connectivity index (χ2v) is 4.77. The lowest BCUT2D eigenvalue weighted by Crippen LogP contribution is -2.48. The van der Waals surface area contributed by atoms with Crippen molar-refractivity contribution in [2.45, 2.75) is 18.9 Å². The van der Waals surface area contributed by atoms with Crippen molar-refractivity contribution in [3.63, 3.8) is 0 Å². The zero-order valence-electron chi connectivity index (χ0n) is 11.5. The topological polar surface area (TPSA) is 53.6 Å². The maximum Gasteiger partial charge on any atom is 0.321 e. The summed E-state index contributed by atoms with van der Waals surface area (Å²) in [5, 5.41) is 6.20. The molecule has 2 amide bonds. The maximum atomic E-state index is 12.2. The van der Waals surface area contributed by atoms with Crippen molar-refractivity contribution < 1.29 is 9.53 Å². The smallest absolute Gasteiger partial charge is 0.321 e. The quantitative estimate of drug-likeness (QED) is 0.876. The Morgan fingerprint density at radius 3 is 3.05 bits per heavy atom. The Kier molecular flexibility index (Phi) is 4.63. The van der Waals surface area contributed by atoms with E-state index in [2.05, 4.69) is 10.6 Å². The van der Waals surface area contributed by atoms with Crippen molar-refractivity contribution >= 4 is 11.7 Å². The molecule has 2 N–H and O–H groups in total. The number of ether oxygens (including phenoxy) is 1. The fourth-order valence-corrected chi connectivity index (χ4v) is 2.24. The Morgan fingerprint density at radius 2 is 2.37 bits per heavy atom. The van der Waals surface area contributed by atoms with Gasteiger partial charge in [0.15, 0.2) is 0 Å². The maximum absolute atomic E-state index is 12.2. The molecule has 0 aromatic heterocycles. The second-order valence-electron chi connectivity index (χ2n) is 4.77. The molecule has 104 valence electrons. The van der Waals surface area contributed by atoms with Crippen LogP contribution in [0.3, 0.4) is 0 Å². The molecule has 0 bridgehead atoms. The number of carbonyl (C=O) groups excluding carboxylic acids is 1. The molecule has 0 aliphatic carbocycles. The number of nitrogens with one attached hydrogen (secondary N) is 2. The van der Waals surface area contributed by atoms with E-state index in [1.165, 1.54) is 0 Å². The largest absolute Gasteiger partial charge is 0.497 e. The van der Waals surface area contributed by atoms with Gasteiger partial charge in [-0.1, -0.05) is 6.07 Å². The van der Waals surface area contributed by atoms with Crippen LogP contribution in [0, 0.1) is 0 Å². The van der Waals surface area contributed by atoms with E-state index in [1.807, 2.05) is 31.3 Å². The van der Waals surface area contributed by atoms with Crippen molar-refractivity contribution in [1.29, 1.82) is 0 Å². The summed E-state index contributed by atoms with van der Waals surface area (Å²) < 4.78 is 5.14.